The van der Waals surface area contributed by atoms with Crippen LogP contribution in [0.1, 0.15) is 24.2 Å². The van der Waals surface area contributed by atoms with Gasteiger partial charge in [0.2, 0.25) is 0 Å². The summed E-state index contributed by atoms with van der Waals surface area (Å²) in [7, 11) is 3.19. The molecule has 1 aliphatic heterocycles. The van der Waals surface area contributed by atoms with Crippen LogP contribution in [0.2, 0.25) is 0 Å². The minimum absolute atomic E-state index is 0.558. The second kappa shape index (κ2) is 6.80. The summed E-state index contributed by atoms with van der Waals surface area (Å²) < 4.78 is 10.6. The molecule has 1 saturated heterocycles. The van der Waals surface area contributed by atoms with Gasteiger partial charge < -0.3 is 14.4 Å². The van der Waals surface area contributed by atoms with Gasteiger partial charge in [-0.25, -0.2) is 0 Å². The van der Waals surface area contributed by atoms with E-state index >= 15 is 0 Å². The predicted molar refractivity (Wildman–Crippen MR) is 83.9 cm³/mol. The number of carbonyl (C=O) groups excluding carboxylic acids is 1. The average Bonchev–Trinajstić information content (AvgIpc) is 2.53. The Kier molecular flexibility index (Phi) is 5.07. The van der Waals surface area contributed by atoms with Gasteiger partial charge in [0.25, 0.3) is 0 Å². The number of aldehydes is 1. The zero-order valence-electron chi connectivity index (χ0n) is 13.3. The molecule has 1 aliphatic rings. The Hall–Kier alpha value is -1.75. The lowest BCUT2D eigenvalue weighted by Crippen LogP contribution is -2.49. The summed E-state index contributed by atoms with van der Waals surface area (Å²) in [6.45, 7) is 8.25. The maximum atomic E-state index is 11.4. The minimum Gasteiger partial charge on any atom is -0.493 e. The number of ether oxygens (including phenoxy) is 2. The number of carbonyl (C=O) groups is 1. The summed E-state index contributed by atoms with van der Waals surface area (Å²) in [4.78, 5) is 16.1. The Balaban J connectivity index is 2.25. The van der Waals surface area contributed by atoms with Crippen LogP contribution in [0.25, 0.3) is 0 Å². The molecule has 0 atom stereocenters. The maximum absolute atomic E-state index is 11.4. The van der Waals surface area contributed by atoms with Crippen LogP contribution in [0.15, 0.2) is 12.1 Å². The van der Waals surface area contributed by atoms with Crippen molar-refractivity contribution in [3.63, 3.8) is 0 Å². The first-order chi connectivity index (χ1) is 10.1. The standard InChI is InChI=1S/C16H24N2O3/c1-12(2)17-5-7-18(8-6-17)14-10-16(21-4)15(20-3)9-13(14)11-19/h9-12H,5-8H2,1-4H3. The molecule has 5 nitrogen and oxygen atoms in total. The Bertz CT molecular complexity index is 495. The highest BCUT2D eigenvalue weighted by molar-refractivity contribution is 5.86. The third-order valence-electron chi connectivity index (χ3n) is 4.05. The van der Waals surface area contributed by atoms with Crippen LogP contribution in [0.3, 0.4) is 0 Å². The van der Waals surface area contributed by atoms with E-state index in [-0.39, 0.29) is 0 Å². The van der Waals surface area contributed by atoms with E-state index in [4.69, 9.17) is 9.47 Å². The van der Waals surface area contributed by atoms with E-state index in [2.05, 4.69) is 23.6 Å². The molecular formula is C16H24N2O3. The van der Waals surface area contributed by atoms with Gasteiger partial charge >= 0.3 is 0 Å². The molecule has 5 heteroatoms. The van der Waals surface area contributed by atoms with Crippen molar-refractivity contribution in [1.29, 1.82) is 0 Å². The van der Waals surface area contributed by atoms with Crippen LogP contribution >= 0.6 is 0 Å². The lowest BCUT2D eigenvalue weighted by molar-refractivity contribution is 0.112. The summed E-state index contributed by atoms with van der Waals surface area (Å²) in [6, 6.07) is 4.20. The molecule has 0 N–H and O–H groups in total. The predicted octanol–water partition coefficient (Wildman–Crippen LogP) is 2.05. The molecule has 0 unspecified atom stereocenters. The van der Waals surface area contributed by atoms with Gasteiger partial charge in [-0.1, -0.05) is 0 Å². The molecule has 0 saturated carbocycles. The molecule has 0 spiro atoms. The van der Waals surface area contributed by atoms with Crippen molar-refractivity contribution in [2.45, 2.75) is 19.9 Å². The number of anilines is 1. The van der Waals surface area contributed by atoms with Gasteiger partial charge in [0.1, 0.15) is 0 Å². The first-order valence-corrected chi connectivity index (χ1v) is 7.31. The van der Waals surface area contributed by atoms with E-state index in [1.807, 2.05) is 6.07 Å². The smallest absolute Gasteiger partial charge is 0.162 e. The van der Waals surface area contributed by atoms with Crippen molar-refractivity contribution in [2.75, 3.05) is 45.3 Å². The van der Waals surface area contributed by atoms with Crippen molar-refractivity contribution in [1.82, 2.24) is 4.90 Å². The number of hydrogen-bond donors (Lipinski definition) is 0. The lowest BCUT2D eigenvalue weighted by atomic mass is 10.1. The third-order valence-corrected chi connectivity index (χ3v) is 4.05. The van der Waals surface area contributed by atoms with E-state index in [0.717, 1.165) is 38.2 Å². The Labute approximate surface area is 126 Å². The van der Waals surface area contributed by atoms with Crippen LogP contribution in [0.5, 0.6) is 11.5 Å². The summed E-state index contributed by atoms with van der Waals surface area (Å²) in [5.74, 6) is 1.24. The molecule has 1 heterocycles. The Morgan fingerprint density at radius 2 is 1.62 bits per heavy atom. The minimum atomic E-state index is 0.558. The largest absolute Gasteiger partial charge is 0.493 e. The zero-order chi connectivity index (χ0) is 15.4. The fraction of sp³-hybridized carbons (Fsp3) is 0.562. The highest BCUT2D eigenvalue weighted by Gasteiger charge is 2.22. The van der Waals surface area contributed by atoms with E-state index in [1.54, 1.807) is 20.3 Å². The number of nitrogens with zero attached hydrogens (tertiary/aromatic N) is 2. The van der Waals surface area contributed by atoms with Crippen LogP contribution in [-0.4, -0.2) is 57.6 Å². The maximum Gasteiger partial charge on any atom is 0.162 e. The molecule has 21 heavy (non-hydrogen) atoms. The fourth-order valence-corrected chi connectivity index (χ4v) is 2.73. The van der Waals surface area contributed by atoms with E-state index < -0.39 is 0 Å². The van der Waals surface area contributed by atoms with E-state index in [1.165, 1.54) is 0 Å². The van der Waals surface area contributed by atoms with Gasteiger partial charge in [-0.05, 0) is 19.9 Å². The second-order valence-corrected chi connectivity index (χ2v) is 5.50. The van der Waals surface area contributed by atoms with Gasteiger partial charge in [0.15, 0.2) is 17.8 Å². The first kappa shape index (κ1) is 15.6. The number of rotatable bonds is 5. The Morgan fingerprint density at radius 3 is 2.10 bits per heavy atom. The normalized spacial score (nSPS) is 16.1. The topological polar surface area (TPSA) is 42.0 Å². The van der Waals surface area contributed by atoms with Gasteiger partial charge in [0, 0.05) is 43.9 Å². The highest BCUT2D eigenvalue weighted by atomic mass is 16.5. The monoisotopic (exact) mass is 292 g/mol. The van der Waals surface area contributed by atoms with E-state index in [0.29, 0.717) is 23.1 Å². The van der Waals surface area contributed by atoms with Crippen molar-refractivity contribution < 1.29 is 14.3 Å². The quantitative estimate of drug-likeness (QED) is 0.777. The number of hydrogen-bond acceptors (Lipinski definition) is 5. The number of piperazine rings is 1. The second-order valence-electron chi connectivity index (χ2n) is 5.50. The molecule has 0 aromatic heterocycles. The fourth-order valence-electron chi connectivity index (χ4n) is 2.73. The molecule has 116 valence electrons. The molecule has 1 aromatic rings. The van der Waals surface area contributed by atoms with Gasteiger partial charge in [-0.3, -0.25) is 9.69 Å². The van der Waals surface area contributed by atoms with Gasteiger partial charge in [-0.15, -0.1) is 0 Å². The van der Waals surface area contributed by atoms with Gasteiger partial charge in [-0.2, -0.15) is 0 Å². The van der Waals surface area contributed by atoms with E-state index in [9.17, 15) is 4.79 Å². The SMILES string of the molecule is COc1cc(C=O)c(N2CCN(C(C)C)CC2)cc1OC. The van der Waals surface area contributed by atoms with Crippen molar-refractivity contribution in [3.8, 4) is 11.5 Å². The van der Waals surface area contributed by atoms with Crippen molar-refractivity contribution in [3.05, 3.63) is 17.7 Å². The molecule has 0 bridgehead atoms. The van der Waals surface area contributed by atoms with Crippen molar-refractivity contribution in [2.24, 2.45) is 0 Å². The summed E-state index contributed by atoms with van der Waals surface area (Å²) in [6.07, 6.45) is 0.881. The summed E-state index contributed by atoms with van der Waals surface area (Å²) >= 11 is 0. The zero-order valence-corrected chi connectivity index (χ0v) is 13.3. The van der Waals surface area contributed by atoms with Crippen LogP contribution < -0.4 is 14.4 Å². The lowest BCUT2D eigenvalue weighted by Gasteiger charge is -2.38. The van der Waals surface area contributed by atoms with Crippen LogP contribution in [-0.2, 0) is 0 Å². The average molecular weight is 292 g/mol. The molecule has 0 amide bonds. The first-order valence-electron chi connectivity index (χ1n) is 7.31. The number of benzene rings is 1. The molecular weight excluding hydrogens is 268 g/mol. The van der Waals surface area contributed by atoms with Crippen LogP contribution in [0, 0.1) is 0 Å². The Morgan fingerprint density at radius 1 is 1.05 bits per heavy atom. The molecule has 0 aliphatic carbocycles. The summed E-state index contributed by atoms with van der Waals surface area (Å²) in [5.41, 5.74) is 1.57. The molecule has 1 fully saturated rings. The number of methoxy groups -OCH3 is 2. The third kappa shape index (κ3) is 3.29. The van der Waals surface area contributed by atoms with Crippen LogP contribution in [0.4, 0.5) is 5.69 Å². The van der Waals surface area contributed by atoms with Gasteiger partial charge in [0.05, 0.1) is 19.9 Å². The molecule has 1 aromatic carbocycles. The summed E-state index contributed by atoms with van der Waals surface area (Å²) in [5, 5.41) is 0. The highest BCUT2D eigenvalue weighted by Crippen LogP contribution is 2.34. The molecule has 0 radical (unpaired) electrons. The molecule has 2 rings (SSSR count). The van der Waals surface area contributed by atoms with Crippen molar-refractivity contribution >= 4 is 12.0 Å².